The lowest BCUT2D eigenvalue weighted by atomic mass is 9.84. The monoisotopic (exact) mass is 317 g/mol. The number of fused-ring (bicyclic) bond motifs is 2. The Hall–Kier alpha value is -1.43. The molecule has 0 aliphatic carbocycles. The summed E-state index contributed by atoms with van der Waals surface area (Å²) in [6, 6.07) is 3.96. The number of benzene rings is 1. The lowest BCUT2D eigenvalue weighted by Gasteiger charge is -2.32. The lowest BCUT2D eigenvalue weighted by Crippen LogP contribution is -2.43. The van der Waals surface area contributed by atoms with E-state index in [1.165, 1.54) is 10.6 Å². The molecule has 23 heavy (non-hydrogen) atoms. The van der Waals surface area contributed by atoms with Crippen molar-refractivity contribution >= 4 is 5.97 Å². The fraction of sp³-hybridized carbons (Fsp3) is 0.611. The molecule has 2 heterocycles. The van der Waals surface area contributed by atoms with Crippen LogP contribution in [0.25, 0.3) is 0 Å². The largest absolute Gasteiger partial charge is 0.465 e. The van der Waals surface area contributed by atoms with E-state index in [2.05, 4.69) is 17.4 Å². The first-order valence-corrected chi connectivity index (χ1v) is 8.23. The van der Waals surface area contributed by atoms with E-state index in [-0.39, 0.29) is 12.0 Å². The van der Waals surface area contributed by atoms with E-state index < -0.39 is 11.1 Å². The highest BCUT2D eigenvalue weighted by atomic mass is 16.5. The molecule has 1 radical (unpaired) electrons. The summed E-state index contributed by atoms with van der Waals surface area (Å²) in [5.41, 5.74) is 3.38. The van der Waals surface area contributed by atoms with Crippen LogP contribution in [0.2, 0.25) is 0 Å². The number of hydrogen-bond donors (Lipinski definition) is 1. The van der Waals surface area contributed by atoms with Crippen LogP contribution in [0, 0.1) is 0 Å². The number of ether oxygens (including phenoxy) is 1. The van der Waals surface area contributed by atoms with Gasteiger partial charge in [-0.25, -0.2) is 0 Å². The third-order valence-corrected chi connectivity index (χ3v) is 5.21. The van der Waals surface area contributed by atoms with Gasteiger partial charge in [-0.1, -0.05) is 12.1 Å². The third-order valence-electron chi connectivity index (χ3n) is 5.21. The third kappa shape index (κ3) is 2.38. The number of esters is 1. The minimum atomic E-state index is -0.557. The number of rotatable bonds is 2. The van der Waals surface area contributed by atoms with Gasteiger partial charge in [-0.2, -0.15) is 0 Å². The van der Waals surface area contributed by atoms with E-state index in [4.69, 9.17) is 4.74 Å². The quantitative estimate of drug-likeness (QED) is 0.851. The number of carbonyl (C=O) groups excluding carboxylic acids is 1. The average Bonchev–Trinajstić information content (AvgIpc) is 2.64. The first-order valence-electron chi connectivity index (χ1n) is 8.23. The maximum absolute atomic E-state index is 12.7. The number of hydrogen-bond acceptors (Lipinski definition) is 4. The van der Waals surface area contributed by atoms with E-state index >= 15 is 0 Å². The van der Waals surface area contributed by atoms with Crippen molar-refractivity contribution in [3.8, 4) is 0 Å². The molecule has 2 aliphatic rings. The van der Waals surface area contributed by atoms with Crippen LogP contribution in [0.4, 0.5) is 0 Å². The molecule has 0 unspecified atom stereocenters. The number of nitrogens with zero attached hydrogens (tertiary/aromatic N) is 1. The Labute approximate surface area is 137 Å². The zero-order valence-electron chi connectivity index (χ0n) is 14.5. The highest BCUT2D eigenvalue weighted by Crippen LogP contribution is 2.49. The zero-order chi connectivity index (χ0) is 17.0. The summed E-state index contributed by atoms with van der Waals surface area (Å²) in [6.45, 7) is 10.7. The van der Waals surface area contributed by atoms with Gasteiger partial charge in [0.15, 0.2) is 0 Å². The second-order valence-electron chi connectivity index (χ2n) is 7.47. The molecule has 0 spiro atoms. The minimum absolute atomic E-state index is 0.205. The van der Waals surface area contributed by atoms with Crippen molar-refractivity contribution in [1.82, 2.24) is 10.4 Å². The second kappa shape index (κ2) is 5.30. The summed E-state index contributed by atoms with van der Waals surface area (Å²) in [5.74, 6) is -0.205. The summed E-state index contributed by atoms with van der Waals surface area (Å²) >= 11 is 0. The highest BCUT2D eigenvalue weighted by molar-refractivity contribution is 5.76. The van der Waals surface area contributed by atoms with Crippen LogP contribution in [0.1, 0.15) is 56.9 Å². The fourth-order valence-electron chi connectivity index (χ4n) is 3.91. The molecule has 1 aromatic rings. The molecule has 5 nitrogen and oxygen atoms in total. The minimum Gasteiger partial charge on any atom is -0.465 e. The maximum atomic E-state index is 12.7. The van der Waals surface area contributed by atoms with E-state index in [1.807, 2.05) is 34.6 Å². The van der Waals surface area contributed by atoms with Crippen LogP contribution in [-0.4, -0.2) is 23.7 Å². The molecule has 3 rings (SSSR count). The Morgan fingerprint density at radius 1 is 1.22 bits per heavy atom. The summed E-state index contributed by atoms with van der Waals surface area (Å²) in [4.78, 5) is 12.0. The van der Waals surface area contributed by atoms with Gasteiger partial charge in [0.2, 0.25) is 0 Å². The van der Waals surface area contributed by atoms with Crippen molar-refractivity contribution in [3.63, 3.8) is 0 Å². The second-order valence-corrected chi connectivity index (χ2v) is 7.47. The first kappa shape index (κ1) is 16.4. The Balaban J connectivity index is 2.00. The van der Waals surface area contributed by atoms with Gasteiger partial charge < -0.3 is 10.1 Å². The predicted octanol–water partition coefficient (Wildman–Crippen LogP) is 2.40. The standard InChI is InChI=1S/C18H25N2O3/c1-6-23-16(21)15-9-11-7-13-14(8-12(11)10-19-15)18(4,5)20(22)17(13,2)3/h7-8,15,19H,6,9-10H2,1-5H3/t15-/m1/s1. The van der Waals surface area contributed by atoms with Crippen molar-refractivity contribution < 1.29 is 14.7 Å². The molecule has 1 aromatic carbocycles. The van der Waals surface area contributed by atoms with Gasteiger partial charge in [0, 0.05) is 6.54 Å². The van der Waals surface area contributed by atoms with Gasteiger partial charge in [0.05, 0.1) is 17.7 Å². The molecule has 125 valence electrons. The lowest BCUT2D eigenvalue weighted by molar-refractivity contribution is -0.266. The first-order chi connectivity index (χ1) is 10.7. The van der Waals surface area contributed by atoms with Crippen LogP contribution >= 0.6 is 0 Å². The Bertz CT molecular complexity index is 652. The van der Waals surface area contributed by atoms with Crippen molar-refractivity contribution in [1.29, 1.82) is 0 Å². The van der Waals surface area contributed by atoms with Gasteiger partial charge in [-0.05, 0) is 63.3 Å². The summed E-state index contributed by atoms with van der Waals surface area (Å²) in [6.07, 6.45) is 0.608. The zero-order valence-corrected chi connectivity index (χ0v) is 14.5. The highest BCUT2D eigenvalue weighted by Gasteiger charge is 2.50. The molecular formula is C18H25N2O3. The van der Waals surface area contributed by atoms with Crippen molar-refractivity contribution in [3.05, 3.63) is 34.4 Å². The van der Waals surface area contributed by atoms with E-state index in [0.717, 1.165) is 16.7 Å². The summed E-state index contributed by atoms with van der Waals surface area (Å²) in [5, 5.41) is 17.1. The smallest absolute Gasteiger partial charge is 0.323 e. The van der Waals surface area contributed by atoms with E-state index in [9.17, 15) is 10.0 Å². The molecule has 0 bridgehead atoms. The topological polar surface area (TPSA) is 61.5 Å². The molecule has 0 saturated carbocycles. The Morgan fingerprint density at radius 3 is 2.35 bits per heavy atom. The Morgan fingerprint density at radius 2 is 1.78 bits per heavy atom. The number of hydroxylamine groups is 2. The molecule has 0 fully saturated rings. The van der Waals surface area contributed by atoms with Crippen LogP contribution in [0.15, 0.2) is 12.1 Å². The molecule has 0 saturated heterocycles. The predicted molar refractivity (Wildman–Crippen MR) is 86.0 cm³/mol. The molecular weight excluding hydrogens is 292 g/mol. The van der Waals surface area contributed by atoms with Gasteiger partial charge in [-0.15, -0.1) is 10.3 Å². The van der Waals surface area contributed by atoms with Crippen LogP contribution in [0.5, 0.6) is 0 Å². The van der Waals surface area contributed by atoms with Crippen LogP contribution in [-0.2, 0) is 38.8 Å². The molecule has 1 N–H and O–H groups in total. The summed E-state index contributed by atoms with van der Waals surface area (Å²) in [7, 11) is 0. The number of carbonyl (C=O) groups is 1. The van der Waals surface area contributed by atoms with Gasteiger partial charge in [-0.3, -0.25) is 4.79 Å². The Kier molecular flexibility index (Phi) is 3.78. The SMILES string of the molecule is CCOC(=O)[C@H]1Cc2cc3c(cc2CN1)C(C)(C)N([O])C3(C)C. The molecule has 0 aromatic heterocycles. The molecule has 2 aliphatic heterocycles. The molecule has 0 amide bonds. The maximum Gasteiger partial charge on any atom is 0.323 e. The van der Waals surface area contributed by atoms with Gasteiger partial charge in [0.1, 0.15) is 6.04 Å². The van der Waals surface area contributed by atoms with Crippen molar-refractivity contribution in [2.45, 2.75) is 64.7 Å². The molecule has 5 heteroatoms. The van der Waals surface area contributed by atoms with Crippen molar-refractivity contribution in [2.24, 2.45) is 0 Å². The van der Waals surface area contributed by atoms with Crippen LogP contribution < -0.4 is 5.32 Å². The number of nitrogens with one attached hydrogen (secondary N) is 1. The summed E-state index contributed by atoms with van der Waals surface area (Å²) < 4.78 is 5.12. The van der Waals surface area contributed by atoms with Gasteiger partial charge in [0.25, 0.3) is 0 Å². The van der Waals surface area contributed by atoms with Crippen molar-refractivity contribution in [2.75, 3.05) is 6.61 Å². The fourth-order valence-corrected chi connectivity index (χ4v) is 3.91. The average molecular weight is 317 g/mol. The van der Waals surface area contributed by atoms with Crippen LogP contribution in [0.3, 0.4) is 0 Å². The van der Waals surface area contributed by atoms with E-state index in [1.54, 1.807) is 0 Å². The normalized spacial score (nSPS) is 24.9. The van der Waals surface area contributed by atoms with Gasteiger partial charge >= 0.3 is 5.97 Å². The molecule has 1 atom stereocenters. The van der Waals surface area contributed by atoms with E-state index in [0.29, 0.717) is 19.6 Å².